The molecule has 53 heavy (non-hydrogen) atoms. The molecule has 4 rings (SSSR count). The number of allylic oxidation sites excluding steroid dienone is 6. The lowest BCUT2D eigenvalue weighted by Crippen LogP contribution is -2.28. The van der Waals surface area contributed by atoms with Crippen LogP contribution in [0.4, 0.5) is 11.4 Å². The number of anilines is 1. The molecule has 10 nitrogen and oxygen atoms in total. The van der Waals surface area contributed by atoms with Crippen molar-refractivity contribution in [3.8, 4) is 0 Å². The summed E-state index contributed by atoms with van der Waals surface area (Å²) in [5.41, 5.74) is 4.27. The molecule has 0 unspecified atom stereocenters. The van der Waals surface area contributed by atoms with E-state index in [0.29, 0.717) is 13.1 Å². The fourth-order valence-corrected chi connectivity index (χ4v) is 8.37. The Labute approximate surface area is 325 Å². The first kappa shape index (κ1) is 42.3. The van der Waals surface area contributed by atoms with E-state index in [1.54, 1.807) is 18.2 Å². The summed E-state index contributed by atoms with van der Waals surface area (Å²) >= 11 is 9.31. The Morgan fingerprint density at radius 1 is 0.792 bits per heavy atom. The molecule has 2 aliphatic heterocycles. The molecule has 14 heteroatoms. The van der Waals surface area contributed by atoms with Crippen LogP contribution < -0.4 is 4.90 Å². The molecule has 2 aliphatic rings. The molecule has 284 valence electrons. The van der Waals surface area contributed by atoms with E-state index in [1.807, 2.05) is 58.1 Å². The molecule has 2 aromatic rings. The molecule has 0 radical (unpaired) electrons. The average molecular weight is 797 g/mol. The zero-order valence-corrected chi connectivity index (χ0v) is 34.0. The molecule has 2 aromatic carbocycles. The molecular formula is C39H48N4O6S4. The molecule has 2 heterocycles. The van der Waals surface area contributed by atoms with Crippen LogP contribution in [0.15, 0.2) is 92.3 Å². The average Bonchev–Trinajstić information content (AvgIpc) is 3.44. The van der Waals surface area contributed by atoms with Crippen molar-refractivity contribution >= 4 is 72.1 Å². The largest absolute Gasteiger partial charge is 0.744 e. The highest BCUT2D eigenvalue weighted by molar-refractivity contribution is 7.86. The van der Waals surface area contributed by atoms with Gasteiger partial charge >= 0.3 is 0 Å². The Balaban J connectivity index is 1.62. The Hall–Kier alpha value is -3.45. The zero-order valence-electron chi connectivity index (χ0n) is 30.7. The molecule has 0 bridgehead atoms. The summed E-state index contributed by atoms with van der Waals surface area (Å²) in [6, 6.07) is 9.39. The van der Waals surface area contributed by atoms with E-state index >= 15 is 0 Å². The minimum atomic E-state index is -4.62. The molecule has 0 saturated carbocycles. The number of rotatable bonds is 19. The van der Waals surface area contributed by atoms with Crippen LogP contribution in [0.1, 0.15) is 90.2 Å². The van der Waals surface area contributed by atoms with Crippen molar-refractivity contribution in [2.45, 2.75) is 99.7 Å². The summed E-state index contributed by atoms with van der Waals surface area (Å²) in [5.74, 6) is 0. The number of unbranched alkanes of at least 4 members (excludes halogenated alkanes) is 6. The van der Waals surface area contributed by atoms with Crippen molar-refractivity contribution in [3.05, 3.63) is 83.6 Å². The van der Waals surface area contributed by atoms with Gasteiger partial charge in [0.1, 0.15) is 16.7 Å². The van der Waals surface area contributed by atoms with Gasteiger partial charge in [-0.2, -0.15) is 13.0 Å². The van der Waals surface area contributed by atoms with E-state index in [0.717, 1.165) is 98.4 Å². The van der Waals surface area contributed by atoms with Crippen LogP contribution in [0.3, 0.4) is 0 Å². The van der Waals surface area contributed by atoms with E-state index in [9.17, 15) is 25.9 Å². The van der Waals surface area contributed by atoms with E-state index < -0.39 is 31.1 Å². The number of aliphatic imine (C=N–C) groups is 2. The number of benzene rings is 2. The zero-order chi connectivity index (χ0) is 38.9. The van der Waals surface area contributed by atoms with Gasteiger partial charge in [0.25, 0.3) is 10.1 Å². The molecule has 0 aliphatic carbocycles. The van der Waals surface area contributed by atoms with Gasteiger partial charge in [0.2, 0.25) is 5.69 Å². The molecule has 1 N–H and O–H groups in total. The SMILES string of the molecule is CC1(C)C(/C=C/C=C/C=C2/N(CCCCCCN=C=S)c3ccc(S(=O)(=O)O)cc3C2(C)C)=[N+](CCCCCCN=C=S)c2ccc(S(=O)(=O)[O-])cc21. The second-order valence-electron chi connectivity index (χ2n) is 14.3. The fraction of sp³-hybridized carbons (Fsp3) is 0.462. The summed E-state index contributed by atoms with van der Waals surface area (Å²) < 4.78 is 71.9. The first-order valence-electron chi connectivity index (χ1n) is 17.8. The Bertz CT molecular complexity index is 2120. The molecule has 0 spiro atoms. The van der Waals surface area contributed by atoms with Crippen LogP contribution in [0.5, 0.6) is 0 Å². The summed E-state index contributed by atoms with van der Waals surface area (Å²) in [4.78, 5) is 9.83. The van der Waals surface area contributed by atoms with Crippen LogP contribution in [0, 0.1) is 0 Å². The smallest absolute Gasteiger partial charge is 0.294 e. The maximum atomic E-state index is 12.0. The molecule has 0 aromatic heterocycles. The van der Waals surface area contributed by atoms with E-state index in [1.165, 1.54) is 18.2 Å². The van der Waals surface area contributed by atoms with Crippen molar-refractivity contribution in [2.75, 3.05) is 31.1 Å². The van der Waals surface area contributed by atoms with Gasteiger partial charge in [0.15, 0.2) is 5.71 Å². The number of thiocarbonyl (C=S) groups is 2. The Morgan fingerprint density at radius 2 is 1.40 bits per heavy atom. The first-order valence-corrected chi connectivity index (χ1v) is 21.5. The van der Waals surface area contributed by atoms with Crippen molar-refractivity contribution in [2.24, 2.45) is 9.98 Å². The van der Waals surface area contributed by atoms with Crippen molar-refractivity contribution in [3.63, 3.8) is 0 Å². The van der Waals surface area contributed by atoms with E-state index in [2.05, 4.69) is 54.2 Å². The van der Waals surface area contributed by atoms with Gasteiger partial charge in [-0.3, -0.25) is 4.55 Å². The van der Waals surface area contributed by atoms with Crippen LogP contribution in [0.2, 0.25) is 0 Å². The van der Waals surface area contributed by atoms with Gasteiger partial charge in [-0.25, -0.2) is 18.4 Å². The Morgan fingerprint density at radius 3 is 2.02 bits per heavy atom. The van der Waals surface area contributed by atoms with Crippen LogP contribution in [-0.4, -0.2) is 72.7 Å². The third-order valence-electron chi connectivity index (χ3n) is 9.98. The maximum Gasteiger partial charge on any atom is 0.294 e. The van der Waals surface area contributed by atoms with Gasteiger partial charge in [0, 0.05) is 60.6 Å². The minimum absolute atomic E-state index is 0.134. The van der Waals surface area contributed by atoms with Crippen molar-refractivity contribution in [1.82, 2.24) is 0 Å². The molecule has 0 amide bonds. The second-order valence-corrected chi connectivity index (χ2v) is 17.5. The standard InChI is InChI=1S/C39H48N4O6S4/c1-38(2)32-26-30(52(44,45)46)18-20-34(32)42(24-14-7-5-12-22-40-28-50)36(38)16-10-9-11-17-37-39(3,4)33-27-31(53(47,48)49)19-21-35(33)43(37)25-15-8-6-13-23-41-29-51/h9-11,16-21,26-27H,5-8,12-15,22-25H2,1-4H3,(H-,44,45,46,47,48,49). The van der Waals surface area contributed by atoms with E-state index in [-0.39, 0.29) is 9.79 Å². The number of isothiocyanates is 2. The monoisotopic (exact) mass is 796 g/mol. The number of hydrogen-bond acceptors (Lipinski definition) is 10. The van der Waals surface area contributed by atoms with Gasteiger partial charge in [-0.05, 0) is 106 Å². The fourth-order valence-electron chi connectivity index (χ4n) is 7.18. The van der Waals surface area contributed by atoms with Crippen LogP contribution in [0.25, 0.3) is 0 Å². The quantitative estimate of drug-likeness (QED) is 0.0371. The van der Waals surface area contributed by atoms with Gasteiger partial charge in [-0.1, -0.05) is 51.3 Å². The van der Waals surface area contributed by atoms with Crippen LogP contribution >= 0.6 is 24.4 Å². The summed E-state index contributed by atoms with van der Waals surface area (Å²) in [7, 11) is -8.99. The number of nitrogens with zero attached hydrogens (tertiary/aromatic N) is 4. The first-order chi connectivity index (χ1) is 25.0. The number of fused-ring (bicyclic) bond motifs is 2. The maximum absolute atomic E-state index is 12.0. The molecular weight excluding hydrogens is 749 g/mol. The van der Waals surface area contributed by atoms with Crippen molar-refractivity contribution in [1.29, 1.82) is 0 Å². The molecule has 0 saturated heterocycles. The van der Waals surface area contributed by atoms with Crippen LogP contribution in [-0.2, 0) is 31.1 Å². The predicted molar refractivity (Wildman–Crippen MR) is 217 cm³/mol. The second kappa shape index (κ2) is 18.3. The highest BCUT2D eigenvalue weighted by Gasteiger charge is 2.44. The van der Waals surface area contributed by atoms with Crippen molar-refractivity contribution < 1.29 is 30.5 Å². The lowest BCUT2D eigenvalue weighted by molar-refractivity contribution is -0.438. The summed E-state index contributed by atoms with van der Waals surface area (Å²) in [6.45, 7) is 10.9. The minimum Gasteiger partial charge on any atom is -0.744 e. The lowest BCUT2D eigenvalue weighted by Gasteiger charge is -2.27. The normalized spacial score (nSPS) is 17.0. The summed E-state index contributed by atoms with van der Waals surface area (Å²) in [6.07, 6.45) is 17.6. The topological polar surface area (TPSA) is 143 Å². The van der Waals surface area contributed by atoms with Gasteiger partial charge in [0.05, 0.1) is 25.5 Å². The van der Waals surface area contributed by atoms with Gasteiger partial charge in [-0.15, -0.1) is 0 Å². The van der Waals surface area contributed by atoms with Gasteiger partial charge < -0.3 is 9.45 Å². The van der Waals surface area contributed by atoms with E-state index in [4.69, 9.17) is 0 Å². The predicted octanol–water partition coefficient (Wildman–Crippen LogP) is 8.33. The highest BCUT2D eigenvalue weighted by atomic mass is 32.2. The molecule has 0 fully saturated rings. The lowest BCUT2D eigenvalue weighted by atomic mass is 9.81. The third-order valence-corrected chi connectivity index (χ3v) is 11.9. The number of hydrogen-bond donors (Lipinski definition) is 1. The third kappa shape index (κ3) is 10.4. The Kier molecular flexibility index (Phi) is 14.6. The molecule has 0 atom stereocenters. The highest BCUT2D eigenvalue weighted by Crippen LogP contribution is 2.48. The summed E-state index contributed by atoms with van der Waals surface area (Å²) in [5, 5.41) is 4.80.